The Morgan fingerprint density at radius 1 is 1.23 bits per heavy atom. The maximum atomic E-state index is 12.0. The molecule has 0 bridgehead atoms. The molecular formula is C15H21NO5S. The number of rotatable bonds is 5. The zero-order valence-corrected chi connectivity index (χ0v) is 13.4. The molecule has 1 fully saturated rings. The van der Waals surface area contributed by atoms with Crippen molar-refractivity contribution < 1.29 is 22.1 Å². The second-order valence-corrected chi connectivity index (χ2v) is 7.10. The molecule has 1 aromatic rings. The largest absolute Gasteiger partial charge is 0.445 e. The van der Waals surface area contributed by atoms with Gasteiger partial charge in [0.05, 0.1) is 12.9 Å². The maximum Gasteiger partial charge on any atom is 0.410 e. The van der Waals surface area contributed by atoms with Crippen molar-refractivity contribution in [2.75, 3.05) is 26.0 Å². The standard InChI is InChI=1S/C15H21NO5S/c1-22(18,19)21-12-14-7-9-16(10-8-14)15(17)20-11-13-5-3-2-4-6-13/h2-6,14H,7-12H2,1H3. The summed E-state index contributed by atoms with van der Waals surface area (Å²) in [6.07, 6.45) is 2.15. The van der Waals surface area contributed by atoms with E-state index in [4.69, 9.17) is 8.92 Å². The summed E-state index contributed by atoms with van der Waals surface area (Å²) < 4.78 is 32.0. The average Bonchev–Trinajstić information content (AvgIpc) is 2.51. The van der Waals surface area contributed by atoms with Crippen LogP contribution >= 0.6 is 0 Å². The third-order valence-electron chi connectivity index (χ3n) is 3.60. The fourth-order valence-electron chi connectivity index (χ4n) is 2.31. The molecule has 7 heteroatoms. The fourth-order valence-corrected chi connectivity index (χ4v) is 2.75. The molecule has 1 heterocycles. The predicted octanol–water partition coefficient (Wildman–Crippen LogP) is 2.01. The summed E-state index contributed by atoms with van der Waals surface area (Å²) in [5.41, 5.74) is 0.951. The molecule has 1 aromatic carbocycles. The quantitative estimate of drug-likeness (QED) is 0.774. The number of carbonyl (C=O) groups is 1. The Bertz CT molecular complexity index is 579. The van der Waals surface area contributed by atoms with Gasteiger partial charge in [-0.1, -0.05) is 30.3 Å². The summed E-state index contributed by atoms with van der Waals surface area (Å²) in [5, 5.41) is 0. The van der Waals surface area contributed by atoms with E-state index in [-0.39, 0.29) is 25.2 Å². The molecule has 0 radical (unpaired) electrons. The lowest BCUT2D eigenvalue weighted by atomic mass is 9.98. The number of carbonyl (C=O) groups excluding carboxylic acids is 1. The average molecular weight is 327 g/mol. The third kappa shape index (κ3) is 5.65. The molecule has 0 spiro atoms. The normalized spacial score (nSPS) is 16.5. The highest BCUT2D eigenvalue weighted by molar-refractivity contribution is 7.85. The van der Waals surface area contributed by atoms with Crippen molar-refractivity contribution >= 4 is 16.2 Å². The van der Waals surface area contributed by atoms with Gasteiger partial charge in [-0.3, -0.25) is 4.18 Å². The number of ether oxygens (including phenoxy) is 1. The lowest BCUT2D eigenvalue weighted by Crippen LogP contribution is -2.39. The molecule has 22 heavy (non-hydrogen) atoms. The molecule has 0 N–H and O–H groups in total. The van der Waals surface area contributed by atoms with Gasteiger partial charge < -0.3 is 9.64 Å². The number of nitrogens with zero attached hydrogens (tertiary/aromatic N) is 1. The van der Waals surface area contributed by atoms with Gasteiger partial charge in [-0.15, -0.1) is 0 Å². The highest BCUT2D eigenvalue weighted by Crippen LogP contribution is 2.19. The van der Waals surface area contributed by atoms with Crippen LogP contribution < -0.4 is 0 Å². The van der Waals surface area contributed by atoms with Crippen LogP contribution in [0.3, 0.4) is 0 Å². The summed E-state index contributed by atoms with van der Waals surface area (Å²) in [6, 6.07) is 9.52. The molecular weight excluding hydrogens is 306 g/mol. The highest BCUT2D eigenvalue weighted by atomic mass is 32.2. The van der Waals surface area contributed by atoms with Gasteiger partial charge in [-0.25, -0.2) is 4.79 Å². The number of amides is 1. The maximum absolute atomic E-state index is 12.0. The first-order valence-electron chi connectivity index (χ1n) is 7.24. The minimum Gasteiger partial charge on any atom is -0.445 e. The van der Waals surface area contributed by atoms with Crippen molar-refractivity contribution in [3.63, 3.8) is 0 Å². The molecule has 0 atom stereocenters. The molecule has 0 aromatic heterocycles. The minimum absolute atomic E-state index is 0.160. The van der Waals surface area contributed by atoms with Crippen LogP contribution in [0, 0.1) is 5.92 Å². The summed E-state index contributed by atoms with van der Waals surface area (Å²) in [7, 11) is -3.40. The zero-order chi connectivity index (χ0) is 16.0. The number of piperidine rings is 1. The minimum atomic E-state index is -3.40. The Balaban J connectivity index is 1.71. The third-order valence-corrected chi connectivity index (χ3v) is 4.16. The van der Waals surface area contributed by atoms with Gasteiger partial charge in [0.1, 0.15) is 6.61 Å². The lowest BCUT2D eigenvalue weighted by molar-refractivity contribution is 0.0765. The summed E-state index contributed by atoms with van der Waals surface area (Å²) in [5.74, 6) is 0.160. The molecule has 1 saturated heterocycles. The number of hydrogen-bond acceptors (Lipinski definition) is 5. The van der Waals surface area contributed by atoms with Crippen LogP contribution in [-0.2, 0) is 25.6 Å². The molecule has 2 rings (SSSR count). The number of likely N-dealkylation sites (tertiary alicyclic amines) is 1. The fraction of sp³-hybridized carbons (Fsp3) is 0.533. The topological polar surface area (TPSA) is 72.9 Å². The molecule has 0 saturated carbocycles. The van der Waals surface area contributed by atoms with Crippen molar-refractivity contribution in [3.8, 4) is 0 Å². The predicted molar refractivity (Wildman–Crippen MR) is 81.7 cm³/mol. The Kier molecular flexibility index (Phi) is 5.79. The first-order valence-corrected chi connectivity index (χ1v) is 9.06. The van der Waals surface area contributed by atoms with E-state index in [0.717, 1.165) is 24.7 Å². The van der Waals surface area contributed by atoms with Crippen molar-refractivity contribution in [2.45, 2.75) is 19.4 Å². The van der Waals surface area contributed by atoms with Crippen molar-refractivity contribution in [3.05, 3.63) is 35.9 Å². The van der Waals surface area contributed by atoms with E-state index in [1.54, 1.807) is 4.90 Å². The van der Waals surface area contributed by atoms with Crippen molar-refractivity contribution in [1.29, 1.82) is 0 Å². The molecule has 1 amide bonds. The van der Waals surface area contributed by atoms with E-state index in [9.17, 15) is 13.2 Å². The summed E-state index contributed by atoms with van der Waals surface area (Å²) in [6.45, 7) is 1.57. The van der Waals surface area contributed by atoms with Crippen LogP contribution in [-0.4, -0.2) is 45.4 Å². The first kappa shape index (κ1) is 16.8. The smallest absolute Gasteiger partial charge is 0.410 e. The summed E-state index contributed by atoms with van der Waals surface area (Å²) >= 11 is 0. The van der Waals surface area contributed by atoms with Gasteiger partial charge in [0.2, 0.25) is 0 Å². The Hall–Kier alpha value is -1.60. The monoisotopic (exact) mass is 327 g/mol. The highest BCUT2D eigenvalue weighted by Gasteiger charge is 2.24. The molecule has 0 aliphatic carbocycles. The van der Waals surface area contributed by atoms with Crippen LogP contribution in [0.4, 0.5) is 4.79 Å². The van der Waals surface area contributed by atoms with Crippen LogP contribution in [0.25, 0.3) is 0 Å². The Morgan fingerprint density at radius 3 is 2.45 bits per heavy atom. The molecule has 0 unspecified atom stereocenters. The van der Waals surface area contributed by atoms with Crippen molar-refractivity contribution in [1.82, 2.24) is 4.90 Å². The van der Waals surface area contributed by atoms with E-state index in [1.165, 1.54) is 0 Å². The Labute approximate surface area is 131 Å². The molecule has 122 valence electrons. The van der Waals surface area contributed by atoms with E-state index < -0.39 is 10.1 Å². The van der Waals surface area contributed by atoms with E-state index in [0.29, 0.717) is 13.1 Å². The number of benzene rings is 1. The van der Waals surface area contributed by atoms with Gasteiger partial charge in [-0.2, -0.15) is 8.42 Å². The van der Waals surface area contributed by atoms with Crippen LogP contribution in [0.15, 0.2) is 30.3 Å². The van der Waals surface area contributed by atoms with E-state index in [2.05, 4.69) is 0 Å². The summed E-state index contributed by atoms with van der Waals surface area (Å²) in [4.78, 5) is 13.6. The second-order valence-electron chi connectivity index (χ2n) is 5.46. The van der Waals surface area contributed by atoms with E-state index >= 15 is 0 Å². The number of hydrogen-bond donors (Lipinski definition) is 0. The molecule has 1 aliphatic rings. The van der Waals surface area contributed by atoms with Crippen LogP contribution in [0.5, 0.6) is 0 Å². The van der Waals surface area contributed by atoms with Gasteiger partial charge in [-0.05, 0) is 24.3 Å². The molecule has 6 nitrogen and oxygen atoms in total. The molecule has 1 aliphatic heterocycles. The second kappa shape index (κ2) is 7.60. The van der Waals surface area contributed by atoms with Crippen LogP contribution in [0.2, 0.25) is 0 Å². The van der Waals surface area contributed by atoms with Gasteiger partial charge in [0, 0.05) is 13.1 Å². The van der Waals surface area contributed by atoms with Gasteiger partial charge >= 0.3 is 6.09 Å². The van der Waals surface area contributed by atoms with Gasteiger partial charge in [0.15, 0.2) is 0 Å². The van der Waals surface area contributed by atoms with E-state index in [1.807, 2.05) is 30.3 Å². The lowest BCUT2D eigenvalue weighted by Gasteiger charge is -2.30. The van der Waals surface area contributed by atoms with Crippen LogP contribution in [0.1, 0.15) is 18.4 Å². The first-order chi connectivity index (χ1) is 10.4. The zero-order valence-electron chi connectivity index (χ0n) is 12.6. The Morgan fingerprint density at radius 2 is 1.86 bits per heavy atom. The SMILES string of the molecule is CS(=O)(=O)OCC1CCN(C(=O)OCc2ccccc2)CC1. The van der Waals surface area contributed by atoms with Crippen molar-refractivity contribution in [2.24, 2.45) is 5.92 Å². The van der Waals surface area contributed by atoms with Gasteiger partial charge in [0.25, 0.3) is 10.1 Å².